The maximum atomic E-state index is 12.3. The smallest absolute Gasteiger partial charge is 0.124 e. The molecule has 1 aromatic rings. The van der Waals surface area contributed by atoms with Crippen molar-refractivity contribution in [2.24, 2.45) is 11.8 Å². The SMILES string of the molecule is CCCCS(=O)Cc1cc(OCCC(C)CCCC(C)C)c(CCl)cc1OC. The van der Waals surface area contributed by atoms with Crippen LogP contribution in [-0.2, 0) is 22.4 Å². The molecule has 0 aliphatic carbocycles. The van der Waals surface area contributed by atoms with Crippen molar-refractivity contribution in [2.45, 2.75) is 77.9 Å². The fourth-order valence-electron chi connectivity index (χ4n) is 3.13. The Balaban J connectivity index is 2.70. The number of rotatable bonds is 15. The van der Waals surface area contributed by atoms with Crippen LogP contribution in [0.1, 0.15) is 77.3 Å². The molecule has 0 aliphatic rings. The van der Waals surface area contributed by atoms with Gasteiger partial charge in [-0.05, 0) is 36.8 Å². The molecule has 0 radical (unpaired) electrons. The molecule has 28 heavy (non-hydrogen) atoms. The van der Waals surface area contributed by atoms with Gasteiger partial charge >= 0.3 is 0 Å². The van der Waals surface area contributed by atoms with Crippen molar-refractivity contribution >= 4 is 22.4 Å². The highest BCUT2D eigenvalue weighted by atomic mass is 35.5. The van der Waals surface area contributed by atoms with Gasteiger partial charge in [-0.1, -0.05) is 53.4 Å². The highest BCUT2D eigenvalue weighted by Gasteiger charge is 2.14. The molecule has 0 saturated heterocycles. The molecule has 1 rings (SSSR count). The zero-order chi connectivity index (χ0) is 20.9. The van der Waals surface area contributed by atoms with E-state index in [4.69, 9.17) is 21.1 Å². The average molecular weight is 431 g/mol. The molecule has 0 heterocycles. The molecule has 0 aliphatic heterocycles. The van der Waals surface area contributed by atoms with Crippen molar-refractivity contribution in [1.29, 1.82) is 0 Å². The second-order valence-electron chi connectivity index (χ2n) is 8.11. The number of halogens is 1. The normalized spacial score (nSPS) is 13.5. The molecule has 0 N–H and O–H groups in total. The van der Waals surface area contributed by atoms with Crippen LogP contribution in [0.15, 0.2) is 12.1 Å². The molecular weight excluding hydrogens is 392 g/mol. The summed E-state index contributed by atoms with van der Waals surface area (Å²) < 4.78 is 23.9. The molecule has 0 spiro atoms. The second-order valence-corrected chi connectivity index (χ2v) is 9.96. The highest BCUT2D eigenvalue weighted by Crippen LogP contribution is 2.31. The van der Waals surface area contributed by atoms with Gasteiger partial charge in [0.2, 0.25) is 0 Å². The minimum absolute atomic E-state index is 0.370. The number of ether oxygens (including phenoxy) is 2. The van der Waals surface area contributed by atoms with E-state index < -0.39 is 10.8 Å². The number of methoxy groups -OCH3 is 1. The quantitative estimate of drug-likeness (QED) is 0.290. The highest BCUT2D eigenvalue weighted by molar-refractivity contribution is 7.84. The van der Waals surface area contributed by atoms with E-state index >= 15 is 0 Å². The molecule has 5 heteroatoms. The Hall–Kier alpha value is -0.740. The fraction of sp³-hybridized carbons (Fsp3) is 0.739. The first-order chi connectivity index (χ1) is 13.4. The van der Waals surface area contributed by atoms with Crippen molar-refractivity contribution < 1.29 is 13.7 Å². The lowest BCUT2D eigenvalue weighted by Gasteiger charge is -2.17. The van der Waals surface area contributed by atoms with Crippen LogP contribution >= 0.6 is 11.6 Å². The zero-order valence-electron chi connectivity index (χ0n) is 18.4. The minimum atomic E-state index is -0.889. The van der Waals surface area contributed by atoms with E-state index in [1.807, 2.05) is 12.1 Å². The van der Waals surface area contributed by atoms with Gasteiger partial charge in [0.1, 0.15) is 11.5 Å². The van der Waals surface area contributed by atoms with E-state index in [-0.39, 0.29) is 0 Å². The molecule has 2 unspecified atom stereocenters. The van der Waals surface area contributed by atoms with Gasteiger partial charge in [0.25, 0.3) is 0 Å². The van der Waals surface area contributed by atoms with Crippen molar-refractivity contribution in [3.8, 4) is 11.5 Å². The van der Waals surface area contributed by atoms with E-state index in [1.165, 1.54) is 19.3 Å². The number of hydrogen-bond acceptors (Lipinski definition) is 3. The molecule has 3 nitrogen and oxygen atoms in total. The Morgan fingerprint density at radius 3 is 2.36 bits per heavy atom. The largest absolute Gasteiger partial charge is 0.496 e. The summed E-state index contributed by atoms with van der Waals surface area (Å²) in [6.07, 6.45) is 6.88. The number of alkyl halides is 1. The van der Waals surface area contributed by atoms with Crippen LogP contribution < -0.4 is 9.47 Å². The Kier molecular flexibility index (Phi) is 12.9. The first-order valence-electron chi connectivity index (χ1n) is 10.6. The Labute approximate surface area is 180 Å². The molecule has 0 fully saturated rings. The molecule has 0 aromatic heterocycles. The second kappa shape index (κ2) is 14.3. The van der Waals surface area contributed by atoms with Crippen LogP contribution in [0.2, 0.25) is 0 Å². The van der Waals surface area contributed by atoms with Crippen LogP contribution in [0.25, 0.3) is 0 Å². The predicted octanol–water partition coefficient (Wildman–Crippen LogP) is 6.71. The maximum Gasteiger partial charge on any atom is 0.124 e. The minimum Gasteiger partial charge on any atom is -0.496 e. The first kappa shape index (κ1) is 25.3. The summed E-state index contributed by atoms with van der Waals surface area (Å²) in [6, 6.07) is 3.91. The van der Waals surface area contributed by atoms with E-state index in [9.17, 15) is 4.21 Å². The van der Waals surface area contributed by atoms with Gasteiger partial charge in [-0.15, -0.1) is 11.6 Å². The molecule has 2 atom stereocenters. The van der Waals surface area contributed by atoms with Gasteiger partial charge in [-0.25, -0.2) is 0 Å². The lowest BCUT2D eigenvalue weighted by Crippen LogP contribution is -2.08. The lowest BCUT2D eigenvalue weighted by molar-refractivity contribution is 0.273. The summed E-state index contributed by atoms with van der Waals surface area (Å²) in [4.78, 5) is 0. The van der Waals surface area contributed by atoms with E-state index in [0.717, 1.165) is 53.6 Å². The Bertz CT molecular complexity index is 589. The van der Waals surface area contributed by atoms with Crippen molar-refractivity contribution in [3.63, 3.8) is 0 Å². The van der Waals surface area contributed by atoms with Crippen LogP contribution in [0.3, 0.4) is 0 Å². The molecule has 162 valence electrons. The monoisotopic (exact) mass is 430 g/mol. The summed E-state index contributed by atoms with van der Waals surface area (Å²) in [5, 5.41) is 0. The van der Waals surface area contributed by atoms with E-state index in [0.29, 0.717) is 24.2 Å². The number of benzene rings is 1. The third-order valence-electron chi connectivity index (χ3n) is 5.00. The molecular formula is C23H39ClO3S. The number of hydrogen-bond donors (Lipinski definition) is 0. The fourth-order valence-corrected chi connectivity index (χ4v) is 4.66. The van der Waals surface area contributed by atoms with Gasteiger partial charge in [0.05, 0.1) is 25.3 Å². The summed E-state index contributed by atoms with van der Waals surface area (Å²) >= 11 is 6.13. The van der Waals surface area contributed by atoms with Crippen LogP contribution in [0, 0.1) is 11.8 Å². The summed E-state index contributed by atoms with van der Waals surface area (Å²) in [7, 11) is 0.755. The van der Waals surface area contributed by atoms with Crippen LogP contribution in [0.4, 0.5) is 0 Å². The van der Waals surface area contributed by atoms with Crippen molar-refractivity contribution in [2.75, 3.05) is 19.5 Å². The van der Waals surface area contributed by atoms with Gasteiger partial charge in [0.15, 0.2) is 0 Å². The number of unbranched alkanes of at least 4 members (excludes halogenated alkanes) is 1. The molecule has 0 saturated carbocycles. The van der Waals surface area contributed by atoms with Crippen molar-refractivity contribution in [1.82, 2.24) is 0 Å². The Morgan fingerprint density at radius 1 is 1.04 bits per heavy atom. The molecule has 0 bridgehead atoms. The van der Waals surface area contributed by atoms with Crippen molar-refractivity contribution in [3.05, 3.63) is 23.3 Å². The summed E-state index contributed by atoms with van der Waals surface area (Å²) in [5.41, 5.74) is 1.86. The summed E-state index contributed by atoms with van der Waals surface area (Å²) in [5.74, 6) is 4.55. The van der Waals surface area contributed by atoms with E-state index in [2.05, 4.69) is 27.7 Å². The van der Waals surface area contributed by atoms with Crippen LogP contribution in [-0.4, -0.2) is 23.7 Å². The Morgan fingerprint density at radius 2 is 1.75 bits per heavy atom. The molecule has 1 aromatic carbocycles. The third kappa shape index (κ3) is 9.65. The summed E-state index contributed by atoms with van der Waals surface area (Å²) in [6.45, 7) is 9.64. The van der Waals surface area contributed by atoms with Gasteiger partial charge in [-0.3, -0.25) is 4.21 Å². The van der Waals surface area contributed by atoms with Gasteiger partial charge in [-0.2, -0.15) is 0 Å². The average Bonchev–Trinajstić information content (AvgIpc) is 2.66. The van der Waals surface area contributed by atoms with Gasteiger partial charge in [0, 0.05) is 27.7 Å². The first-order valence-corrected chi connectivity index (χ1v) is 12.7. The maximum absolute atomic E-state index is 12.3. The molecule has 0 amide bonds. The van der Waals surface area contributed by atoms with E-state index in [1.54, 1.807) is 7.11 Å². The third-order valence-corrected chi connectivity index (χ3v) is 6.66. The van der Waals surface area contributed by atoms with Gasteiger partial charge < -0.3 is 9.47 Å². The standard InChI is InChI=1S/C23H39ClO3S/c1-6-7-13-28(25)17-21-15-23(20(16-24)14-22(21)26-5)27-12-11-19(4)10-8-9-18(2)3/h14-15,18-19H,6-13,16-17H2,1-5H3. The predicted molar refractivity (Wildman–Crippen MR) is 122 cm³/mol. The van der Waals surface area contributed by atoms with Crippen LogP contribution in [0.5, 0.6) is 11.5 Å². The zero-order valence-corrected chi connectivity index (χ0v) is 20.0. The topological polar surface area (TPSA) is 35.5 Å². The lowest BCUT2D eigenvalue weighted by atomic mass is 9.98.